The molecule has 2 nitrogen and oxygen atoms in total. The summed E-state index contributed by atoms with van der Waals surface area (Å²) in [5.74, 6) is 0.409. The number of alkyl halides is 3. The van der Waals surface area contributed by atoms with Crippen LogP contribution in [0.5, 0.6) is 0 Å². The molecule has 0 radical (unpaired) electrons. The minimum Gasteiger partial charge on any atom is -0.371 e. The number of anilines is 1. The van der Waals surface area contributed by atoms with E-state index in [1.807, 2.05) is 11.9 Å². The Labute approximate surface area is 125 Å². The summed E-state index contributed by atoms with van der Waals surface area (Å²) in [5, 5.41) is 3.26. The number of nitrogens with zero attached hydrogens (tertiary/aromatic N) is 1. The lowest BCUT2D eigenvalue weighted by atomic mass is 9.93. The highest BCUT2D eigenvalue weighted by atomic mass is 79.9. The number of halogens is 4. The molecule has 0 aliphatic carbocycles. The van der Waals surface area contributed by atoms with Crippen LogP contribution in [0.15, 0.2) is 22.7 Å². The number of rotatable bonds is 2. The van der Waals surface area contributed by atoms with Crippen LogP contribution < -0.4 is 10.2 Å². The van der Waals surface area contributed by atoms with E-state index in [0.29, 0.717) is 17.6 Å². The van der Waals surface area contributed by atoms with Gasteiger partial charge in [-0.15, -0.1) is 0 Å². The van der Waals surface area contributed by atoms with Crippen LogP contribution in [-0.2, 0) is 6.18 Å². The fourth-order valence-electron chi connectivity index (χ4n) is 2.74. The van der Waals surface area contributed by atoms with E-state index in [9.17, 15) is 13.2 Å². The van der Waals surface area contributed by atoms with Crippen molar-refractivity contribution in [3.05, 3.63) is 28.2 Å². The average molecular weight is 351 g/mol. The van der Waals surface area contributed by atoms with E-state index in [1.165, 1.54) is 12.1 Å². The van der Waals surface area contributed by atoms with Crippen molar-refractivity contribution in [1.82, 2.24) is 5.32 Å². The molecule has 1 aromatic rings. The molecule has 0 bridgehead atoms. The van der Waals surface area contributed by atoms with Crippen molar-refractivity contribution in [3.8, 4) is 0 Å². The van der Waals surface area contributed by atoms with E-state index in [1.54, 1.807) is 6.07 Å². The van der Waals surface area contributed by atoms with E-state index >= 15 is 0 Å². The number of benzene rings is 1. The van der Waals surface area contributed by atoms with Crippen LogP contribution in [-0.4, -0.2) is 26.2 Å². The standard InChI is InChI=1S/C14H18BrF3N2/c1-9-8-20(6-5-13(9)19-2)10-3-4-12(15)11(7-10)14(16,17)18/h3-4,7,9,13,19H,5-6,8H2,1-2H3. The molecule has 2 atom stereocenters. The summed E-state index contributed by atoms with van der Waals surface area (Å²) >= 11 is 2.97. The van der Waals surface area contributed by atoms with E-state index in [0.717, 1.165) is 19.5 Å². The molecule has 112 valence electrons. The van der Waals surface area contributed by atoms with Gasteiger partial charge in [0.15, 0.2) is 0 Å². The lowest BCUT2D eigenvalue weighted by Gasteiger charge is -2.38. The second-order valence-corrected chi connectivity index (χ2v) is 6.12. The predicted molar refractivity (Wildman–Crippen MR) is 78.0 cm³/mol. The third-order valence-corrected chi connectivity index (χ3v) is 4.59. The summed E-state index contributed by atoms with van der Waals surface area (Å²) in [6.45, 7) is 3.66. The zero-order valence-electron chi connectivity index (χ0n) is 11.5. The van der Waals surface area contributed by atoms with Gasteiger partial charge in [-0.2, -0.15) is 13.2 Å². The highest BCUT2D eigenvalue weighted by Gasteiger charge is 2.34. The number of hydrogen-bond acceptors (Lipinski definition) is 2. The van der Waals surface area contributed by atoms with E-state index in [2.05, 4.69) is 28.2 Å². The van der Waals surface area contributed by atoms with Gasteiger partial charge in [-0.3, -0.25) is 0 Å². The molecule has 1 heterocycles. The van der Waals surface area contributed by atoms with Gasteiger partial charge in [0.25, 0.3) is 0 Å². The molecule has 20 heavy (non-hydrogen) atoms. The maximum Gasteiger partial charge on any atom is 0.417 e. The fourth-order valence-corrected chi connectivity index (χ4v) is 3.21. The summed E-state index contributed by atoms with van der Waals surface area (Å²) in [4.78, 5) is 2.03. The Balaban J connectivity index is 2.22. The largest absolute Gasteiger partial charge is 0.417 e. The van der Waals surface area contributed by atoms with Crippen molar-refractivity contribution in [1.29, 1.82) is 0 Å². The van der Waals surface area contributed by atoms with Crippen molar-refractivity contribution in [2.75, 3.05) is 25.0 Å². The first-order chi connectivity index (χ1) is 9.32. The summed E-state index contributed by atoms with van der Waals surface area (Å²) in [7, 11) is 1.93. The average Bonchev–Trinajstić information content (AvgIpc) is 2.37. The molecule has 2 unspecified atom stereocenters. The van der Waals surface area contributed by atoms with Crippen molar-refractivity contribution in [2.24, 2.45) is 5.92 Å². The third kappa shape index (κ3) is 3.28. The summed E-state index contributed by atoms with van der Waals surface area (Å²) < 4.78 is 38.9. The van der Waals surface area contributed by atoms with Gasteiger partial charge in [0.2, 0.25) is 0 Å². The summed E-state index contributed by atoms with van der Waals surface area (Å²) in [6.07, 6.45) is -3.39. The Morgan fingerprint density at radius 1 is 1.35 bits per heavy atom. The highest BCUT2D eigenvalue weighted by Crippen LogP contribution is 2.37. The van der Waals surface area contributed by atoms with Gasteiger partial charge in [0, 0.05) is 29.3 Å². The Kier molecular flexibility index (Phi) is 4.64. The Hall–Kier alpha value is -0.750. The molecule has 6 heteroatoms. The van der Waals surface area contributed by atoms with E-state index in [4.69, 9.17) is 0 Å². The van der Waals surface area contributed by atoms with E-state index < -0.39 is 11.7 Å². The molecule has 1 N–H and O–H groups in total. The molecular formula is C14H18BrF3N2. The molecule has 1 fully saturated rings. The van der Waals surface area contributed by atoms with Gasteiger partial charge in [0.05, 0.1) is 5.56 Å². The van der Waals surface area contributed by atoms with Crippen molar-refractivity contribution in [3.63, 3.8) is 0 Å². The SMILES string of the molecule is CNC1CCN(c2ccc(Br)c(C(F)(F)F)c2)CC1C. The zero-order valence-corrected chi connectivity index (χ0v) is 13.1. The van der Waals surface area contributed by atoms with Crippen LogP contribution in [0.25, 0.3) is 0 Å². The van der Waals surface area contributed by atoms with Gasteiger partial charge in [-0.1, -0.05) is 22.9 Å². The third-order valence-electron chi connectivity index (χ3n) is 3.90. The van der Waals surface area contributed by atoms with Gasteiger partial charge < -0.3 is 10.2 Å². The predicted octanol–water partition coefficient (Wildman–Crippen LogP) is 3.90. The van der Waals surface area contributed by atoms with Crippen LogP contribution >= 0.6 is 15.9 Å². The molecule has 0 amide bonds. The number of piperidine rings is 1. The smallest absolute Gasteiger partial charge is 0.371 e. The molecule has 1 aliphatic rings. The molecule has 1 aliphatic heterocycles. The maximum absolute atomic E-state index is 12.9. The quantitative estimate of drug-likeness (QED) is 0.869. The zero-order chi connectivity index (χ0) is 14.9. The second kappa shape index (κ2) is 5.93. The lowest BCUT2D eigenvalue weighted by molar-refractivity contribution is -0.138. The molecular weight excluding hydrogens is 333 g/mol. The Morgan fingerprint density at radius 3 is 2.60 bits per heavy atom. The second-order valence-electron chi connectivity index (χ2n) is 5.27. The number of nitrogens with one attached hydrogen (secondary N) is 1. The summed E-state index contributed by atoms with van der Waals surface area (Å²) in [6, 6.07) is 4.89. The molecule has 0 spiro atoms. The van der Waals surface area contributed by atoms with Crippen LogP contribution in [0.4, 0.5) is 18.9 Å². The van der Waals surface area contributed by atoms with Gasteiger partial charge in [0.1, 0.15) is 0 Å². The first-order valence-corrected chi connectivity index (χ1v) is 7.41. The fraction of sp³-hybridized carbons (Fsp3) is 0.571. The highest BCUT2D eigenvalue weighted by molar-refractivity contribution is 9.10. The van der Waals surface area contributed by atoms with Crippen molar-refractivity contribution < 1.29 is 13.2 Å². The van der Waals surface area contributed by atoms with Crippen LogP contribution in [0.3, 0.4) is 0 Å². The van der Waals surface area contributed by atoms with E-state index in [-0.39, 0.29) is 4.47 Å². The molecule has 1 saturated heterocycles. The van der Waals surface area contributed by atoms with Crippen molar-refractivity contribution in [2.45, 2.75) is 25.6 Å². The number of hydrogen-bond donors (Lipinski definition) is 1. The van der Waals surface area contributed by atoms with Crippen LogP contribution in [0, 0.1) is 5.92 Å². The molecule has 0 saturated carbocycles. The first-order valence-electron chi connectivity index (χ1n) is 6.62. The molecule has 0 aromatic heterocycles. The van der Waals surface area contributed by atoms with Gasteiger partial charge >= 0.3 is 6.18 Å². The molecule has 2 rings (SSSR count). The van der Waals surface area contributed by atoms with Crippen LogP contribution in [0.1, 0.15) is 18.9 Å². The first kappa shape index (κ1) is 15.6. The Morgan fingerprint density at radius 2 is 2.05 bits per heavy atom. The monoisotopic (exact) mass is 350 g/mol. The molecule has 1 aromatic carbocycles. The Bertz CT molecular complexity index is 476. The minimum atomic E-state index is -4.33. The van der Waals surface area contributed by atoms with Crippen molar-refractivity contribution >= 4 is 21.6 Å². The van der Waals surface area contributed by atoms with Gasteiger partial charge in [-0.05, 0) is 37.6 Å². The maximum atomic E-state index is 12.9. The van der Waals surface area contributed by atoms with Crippen LogP contribution in [0.2, 0.25) is 0 Å². The summed E-state index contributed by atoms with van der Waals surface area (Å²) in [5.41, 5.74) is 0.0281. The van der Waals surface area contributed by atoms with Gasteiger partial charge in [-0.25, -0.2) is 0 Å². The lowest BCUT2D eigenvalue weighted by Crippen LogP contribution is -2.47. The topological polar surface area (TPSA) is 15.3 Å². The normalized spacial score (nSPS) is 24.0. The minimum absolute atomic E-state index is 0.0897.